The lowest BCUT2D eigenvalue weighted by atomic mass is 10.6. The zero-order valence-corrected chi connectivity index (χ0v) is 8.01. The van der Waals surface area contributed by atoms with Gasteiger partial charge in [-0.15, -0.1) is 0 Å². The van der Waals surface area contributed by atoms with E-state index < -0.39 is 5.69 Å². The van der Waals surface area contributed by atoms with Crippen LogP contribution in [0, 0.1) is 0 Å². The Morgan fingerprint density at radius 3 is 1.78 bits per heavy atom. The van der Waals surface area contributed by atoms with Crippen molar-refractivity contribution in [3.8, 4) is 0 Å². The van der Waals surface area contributed by atoms with Crippen molar-refractivity contribution in [2.45, 2.75) is 0 Å². The summed E-state index contributed by atoms with van der Waals surface area (Å²) in [5, 5.41) is 0. The Morgan fingerprint density at radius 1 is 1.33 bits per heavy atom. The van der Waals surface area contributed by atoms with Crippen molar-refractivity contribution in [2.24, 2.45) is 0 Å². The molecule has 1 heterocycles. The van der Waals surface area contributed by atoms with Gasteiger partial charge in [0.05, 0.1) is 0 Å². The van der Waals surface area contributed by atoms with Gasteiger partial charge in [0, 0.05) is 13.1 Å². The zero-order chi connectivity index (χ0) is 7.07. The van der Waals surface area contributed by atoms with Gasteiger partial charge in [0.15, 0.2) is 5.69 Å². The molecule has 0 bridgehead atoms. The Kier molecular flexibility index (Phi) is 2.19. The maximum Gasteiger partial charge on any atom is 0.164 e. The quantitative estimate of drug-likeness (QED) is 0.525. The zero-order valence-electron chi connectivity index (χ0n) is 5.54. The van der Waals surface area contributed by atoms with Crippen molar-refractivity contribution in [1.82, 2.24) is 9.34 Å². The van der Waals surface area contributed by atoms with Crippen LogP contribution < -0.4 is 0 Å². The molecule has 1 aliphatic heterocycles. The Labute approximate surface area is 65.7 Å². The summed E-state index contributed by atoms with van der Waals surface area (Å²) in [5.41, 5.74) is -1.75. The molecule has 1 saturated heterocycles. The minimum atomic E-state index is -1.75. The van der Waals surface area contributed by atoms with Gasteiger partial charge >= 0.3 is 0 Å². The van der Waals surface area contributed by atoms with Crippen LogP contribution in [0.5, 0.6) is 0 Å². The largest absolute Gasteiger partial charge is 0.254 e. The molecule has 0 spiro atoms. The minimum Gasteiger partial charge on any atom is -0.254 e. The van der Waals surface area contributed by atoms with E-state index in [-0.39, 0.29) is 0 Å². The Morgan fingerprint density at radius 2 is 1.67 bits per heavy atom. The summed E-state index contributed by atoms with van der Waals surface area (Å²) in [6.45, 7) is 2.02. The van der Waals surface area contributed by atoms with Gasteiger partial charge in [0.2, 0.25) is 0 Å². The molecule has 5 heteroatoms. The highest BCUT2D eigenvalue weighted by molar-refractivity contribution is 8.24. The highest BCUT2D eigenvalue weighted by atomic mass is 35.7. The minimum absolute atomic E-state index is 1.01. The van der Waals surface area contributed by atoms with E-state index in [1.807, 2.05) is 14.1 Å². The summed E-state index contributed by atoms with van der Waals surface area (Å²) in [6.07, 6.45) is 0. The van der Waals surface area contributed by atoms with E-state index in [4.69, 9.17) is 23.0 Å². The van der Waals surface area contributed by atoms with E-state index in [0.717, 1.165) is 13.1 Å². The topological polar surface area (TPSA) is 6.48 Å². The van der Waals surface area contributed by atoms with Crippen molar-refractivity contribution in [1.29, 1.82) is 0 Å². The number of hydrogen-bond donors (Lipinski definition) is 0. The van der Waals surface area contributed by atoms with Crippen molar-refractivity contribution in [3.63, 3.8) is 0 Å². The first-order valence-corrected chi connectivity index (χ1v) is 6.39. The fourth-order valence-electron chi connectivity index (χ4n) is 0.797. The third-order valence-electron chi connectivity index (χ3n) is 1.59. The van der Waals surface area contributed by atoms with Crippen LogP contribution >= 0.6 is 16.9 Å². The molecule has 1 aliphatic rings. The van der Waals surface area contributed by atoms with E-state index in [1.54, 1.807) is 0 Å². The van der Waals surface area contributed by atoms with E-state index >= 15 is 0 Å². The molecule has 0 aliphatic carbocycles. The maximum absolute atomic E-state index is 6.05. The summed E-state index contributed by atoms with van der Waals surface area (Å²) in [7, 11) is 3.97. The van der Waals surface area contributed by atoms with Crippen LogP contribution in [0.1, 0.15) is 0 Å². The summed E-state index contributed by atoms with van der Waals surface area (Å²) in [5.74, 6) is 0. The van der Waals surface area contributed by atoms with E-state index in [0.29, 0.717) is 0 Å². The first kappa shape index (κ1) is 7.96. The SMILES string of the molecule is CN1CCN(C)P1(=S)Cl. The smallest absolute Gasteiger partial charge is 0.164 e. The molecular formula is C4H10ClN2PS. The number of hydrogen-bond acceptors (Lipinski definition) is 1. The predicted octanol–water partition coefficient (Wildman–Crippen LogP) is 1.33. The van der Waals surface area contributed by atoms with Gasteiger partial charge in [0.25, 0.3) is 0 Å². The first-order chi connectivity index (χ1) is 4.05. The third kappa shape index (κ3) is 1.31. The van der Waals surface area contributed by atoms with Crippen LogP contribution in [-0.4, -0.2) is 36.5 Å². The molecule has 0 aromatic rings. The van der Waals surface area contributed by atoms with Crippen LogP contribution in [0.3, 0.4) is 0 Å². The second-order valence-electron chi connectivity index (χ2n) is 2.24. The van der Waals surface area contributed by atoms with Gasteiger partial charge in [-0.25, -0.2) is 0 Å². The summed E-state index contributed by atoms with van der Waals surface area (Å²) in [4.78, 5) is 0. The van der Waals surface area contributed by atoms with Crippen molar-refractivity contribution in [2.75, 3.05) is 27.2 Å². The number of nitrogens with zero attached hydrogens (tertiary/aromatic N) is 2. The molecule has 0 amide bonds. The Bertz CT molecular complexity index is 149. The number of rotatable bonds is 0. The molecule has 0 radical (unpaired) electrons. The maximum atomic E-state index is 6.05. The lowest BCUT2D eigenvalue weighted by molar-refractivity contribution is 0.553. The van der Waals surface area contributed by atoms with Crippen LogP contribution in [-0.2, 0) is 11.8 Å². The van der Waals surface area contributed by atoms with Gasteiger partial charge in [-0.1, -0.05) is 11.2 Å². The fourth-order valence-corrected chi connectivity index (χ4v) is 2.93. The summed E-state index contributed by atoms with van der Waals surface area (Å²) >= 11 is 11.2. The predicted molar refractivity (Wildman–Crippen MR) is 45.4 cm³/mol. The lowest BCUT2D eigenvalue weighted by Crippen LogP contribution is -2.07. The molecular weight excluding hydrogens is 175 g/mol. The van der Waals surface area contributed by atoms with Gasteiger partial charge in [-0.2, -0.15) is 0 Å². The second-order valence-corrected chi connectivity index (χ2v) is 8.09. The molecule has 1 rings (SSSR count). The van der Waals surface area contributed by atoms with Crippen molar-refractivity contribution < 1.29 is 0 Å². The molecule has 0 N–H and O–H groups in total. The van der Waals surface area contributed by atoms with Crippen molar-refractivity contribution >= 4 is 28.7 Å². The van der Waals surface area contributed by atoms with Crippen LogP contribution in [0.4, 0.5) is 0 Å². The fraction of sp³-hybridized carbons (Fsp3) is 1.00. The molecule has 0 atom stereocenters. The molecule has 0 unspecified atom stereocenters. The molecule has 0 aromatic carbocycles. The molecule has 2 nitrogen and oxygen atoms in total. The normalized spacial score (nSPS) is 29.2. The second kappa shape index (κ2) is 2.48. The van der Waals surface area contributed by atoms with Gasteiger partial charge < -0.3 is 0 Å². The van der Waals surface area contributed by atoms with E-state index in [2.05, 4.69) is 9.34 Å². The van der Waals surface area contributed by atoms with Crippen LogP contribution in [0.25, 0.3) is 0 Å². The van der Waals surface area contributed by atoms with Crippen molar-refractivity contribution in [3.05, 3.63) is 0 Å². The van der Waals surface area contributed by atoms with E-state index in [1.165, 1.54) is 0 Å². The molecule has 0 aromatic heterocycles. The lowest BCUT2D eigenvalue weighted by Gasteiger charge is -2.21. The van der Waals surface area contributed by atoms with Crippen LogP contribution in [0.15, 0.2) is 0 Å². The highest BCUT2D eigenvalue weighted by Crippen LogP contribution is 2.59. The standard InChI is InChI=1S/C4H10ClN2PS/c1-6-3-4-7(2)8(6,5)9/h3-4H2,1-2H3. The molecule has 1 fully saturated rings. The monoisotopic (exact) mass is 184 g/mol. The molecule has 0 saturated carbocycles. The van der Waals surface area contributed by atoms with E-state index in [9.17, 15) is 0 Å². The van der Waals surface area contributed by atoms with Gasteiger partial charge in [0.1, 0.15) is 0 Å². The average Bonchev–Trinajstić information content (AvgIpc) is 1.96. The summed E-state index contributed by atoms with van der Waals surface area (Å²) in [6, 6.07) is 0. The average molecular weight is 185 g/mol. The van der Waals surface area contributed by atoms with Gasteiger partial charge in [-0.3, -0.25) is 9.34 Å². The molecule has 54 valence electrons. The number of likely N-dealkylation sites (N-methyl/N-ethyl adjacent to an activating group) is 2. The summed E-state index contributed by atoms with van der Waals surface area (Å²) < 4.78 is 4.12. The van der Waals surface area contributed by atoms with Crippen LogP contribution in [0.2, 0.25) is 0 Å². The Balaban J connectivity index is 2.79. The van der Waals surface area contributed by atoms with Gasteiger partial charge in [-0.05, 0) is 25.9 Å². The Hall–Kier alpha value is 0.860. The first-order valence-electron chi connectivity index (χ1n) is 2.78. The number of halogens is 1. The third-order valence-corrected chi connectivity index (χ3v) is 6.90. The highest BCUT2D eigenvalue weighted by Gasteiger charge is 2.30. The molecule has 9 heavy (non-hydrogen) atoms.